The maximum atomic E-state index is 13.4. The molecule has 2 N–H and O–H groups in total. The summed E-state index contributed by atoms with van der Waals surface area (Å²) in [5.74, 6) is -0.627. The number of rotatable bonds is 4. The topological polar surface area (TPSA) is 105 Å². The van der Waals surface area contributed by atoms with Gasteiger partial charge in [-0.05, 0) is 71.4 Å². The van der Waals surface area contributed by atoms with E-state index in [4.69, 9.17) is 4.74 Å². The van der Waals surface area contributed by atoms with Crippen LogP contribution < -0.4 is 10.6 Å². The van der Waals surface area contributed by atoms with E-state index in [1.54, 1.807) is 96.1 Å². The van der Waals surface area contributed by atoms with E-state index in [2.05, 4.69) is 10.6 Å². The molecular weight excluding hydrogens is 442 g/mol. The molecule has 9 heteroatoms. The minimum absolute atomic E-state index is 0.0241. The lowest BCUT2D eigenvalue weighted by Gasteiger charge is -2.30. The SMILES string of the molecule is CC(C)(C)OC(=O)Nc1ccc(NC2=C(c3ccccc3)S(=O)(=O)N(C(C)(C)C)C2=O)cc1. The molecule has 0 saturated carbocycles. The highest BCUT2D eigenvalue weighted by Gasteiger charge is 2.49. The van der Waals surface area contributed by atoms with Crippen molar-refractivity contribution in [3.8, 4) is 0 Å². The first-order valence-corrected chi connectivity index (χ1v) is 11.9. The summed E-state index contributed by atoms with van der Waals surface area (Å²) in [6.45, 7) is 10.3. The first-order chi connectivity index (χ1) is 15.2. The molecule has 176 valence electrons. The third kappa shape index (κ3) is 5.36. The standard InChI is InChI=1S/C24H29N3O5S/c1-23(2,3)27-21(28)19(20(33(27,30)31)16-10-8-7-9-11-16)25-17-12-14-18(15-13-17)26-22(29)32-24(4,5)6/h7-15,25H,1-6H3,(H,26,29). The van der Waals surface area contributed by atoms with E-state index in [0.29, 0.717) is 16.9 Å². The number of hydrogen-bond donors (Lipinski definition) is 2. The number of ether oxygens (including phenoxy) is 1. The Kier molecular flexibility index (Phi) is 6.30. The molecule has 1 aliphatic heterocycles. The lowest BCUT2D eigenvalue weighted by atomic mass is 10.1. The molecule has 2 amide bonds. The van der Waals surface area contributed by atoms with Crippen molar-refractivity contribution in [1.29, 1.82) is 0 Å². The van der Waals surface area contributed by atoms with E-state index in [0.717, 1.165) is 4.31 Å². The van der Waals surface area contributed by atoms with Crippen LogP contribution in [0.2, 0.25) is 0 Å². The third-order valence-electron chi connectivity index (χ3n) is 4.57. The maximum absolute atomic E-state index is 13.4. The molecule has 0 bridgehead atoms. The fourth-order valence-corrected chi connectivity index (χ4v) is 5.43. The normalized spacial score (nSPS) is 16.1. The Bertz CT molecular complexity index is 1190. The van der Waals surface area contributed by atoms with Crippen molar-refractivity contribution in [2.45, 2.75) is 52.7 Å². The molecule has 0 spiro atoms. The van der Waals surface area contributed by atoms with Crippen LogP contribution in [0.4, 0.5) is 16.2 Å². The molecular formula is C24H29N3O5S. The van der Waals surface area contributed by atoms with Crippen molar-refractivity contribution < 1.29 is 22.7 Å². The first kappa shape index (κ1) is 24.3. The number of sulfonamides is 1. The lowest BCUT2D eigenvalue weighted by Crippen LogP contribution is -2.46. The van der Waals surface area contributed by atoms with Crippen molar-refractivity contribution in [1.82, 2.24) is 4.31 Å². The second kappa shape index (κ2) is 8.55. The number of amides is 2. The Balaban J connectivity index is 1.94. The van der Waals surface area contributed by atoms with Crippen molar-refractivity contribution in [2.24, 2.45) is 0 Å². The quantitative estimate of drug-likeness (QED) is 0.665. The summed E-state index contributed by atoms with van der Waals surface area (Å²) in [7, 11) is -4.07. The smallest absolute Gasteiger partial charge is 0.412 e. The van der Waals surface area contributed by atoms with Gasteiger partial charge < -0.3 is 10.1 Å². The van der Waals surface area contributed by atoms with E-state index < -0.39 is 33.2 Å². The van der Waals surface area contributed by atoms with Crippen LogP contribution in [-0.4, -0.2) is 35.9 Å². The molecule has 0 fully saturated rings. The van der Waals surface area contributed by atoms with E-state index >= 15 is 0 Å². The number of carbonyl (C=O) groups is 2. The van der Waals surface area contributed by atoms with Crippen LogP contribution in [0.1, 0.15) is 47.1 Å². The van der Waals surface area contributed by atoms with Crippen molar-refractivity contribution in [3.05, 3.63) is 65.9 Å². The Hall–Kier alpha value is -3.33. The van der Waals surface area contributed by atoms with Gasteiger partial charge in [0.05, 0.1) is 5.54 Å². The van der Waals surface area contributed by atoms with Gasteiger partial charge in [-0.25, -0.2) is 17.5 Å². The summed E-state index contributed by atoms with van der Waals surface area (Å²) in [5, 5.41) is 5.61. The predicted molar refractivity (Wildman–Crippen MR) is 129 cm³/mol. The van der Waals surface area contributed by atoms with E-state index in [9.17, 15) is 18.0 Å². The highest BCUT2D eigenvalue weighted by molar-refractivity contribution is 7.99. The van der Waals surface area contributed by atoms with Gasteiger partial charge in [0.2, 0.25) is 0 Å². The van der Waals surface area contributed by atoms with Crippen molar-refractivity contribution >= 4 is 38.3 Å². The molecule has 8 nitrogen and oxygen atoms in total. The van der Waals surface area contributed by atoms with Crippen LogP contribution in [0.15, 0.2) is 60.3 Å². The molecule has 0 radical (unpaired) electrons. The van der Waals surface area contributed by atoms with Crippen LogP contribution in [0.25, 0.3) is 4.91 Å². The van der Waals surface area contributed by atoms with E-state index in [1.165, 1.54) is 0 Å². The fourth-order valence-electron chi connectivity index (χ4n) is 3.39. The molecule has 1 heterocycles. The van der Waals surface area contributed by atoms with Gasteiger partial charge in [-0.2, -0.15) is 0 Å². The average molecular weight is 472 g/mol. The summed E-state index contributed by atoms with van der Waals surface area (Å²) < 4.78 is 32.9. The number of nitrogens with zero attached hydrogens (tertiary/aromatic N) is 1. The summed E-state index contributed by atoms with van der Waals surface area (Å²) >= 11 is 0. The van der Waals surface area contributed by atoms with Gasteiger partial charge in [0.1, 0.15) is 16.2 Å². The van der Waals surface area contributed by atoms with Gasteiger partial charge in [-0.3, -0.25) is 10.1 Å². The third-order valence-corrected chi connectivity index (χ3v) is 6.72. The predicted octanol–water partition coefficient (Wildman–Crippen LogP) is 4.78. The average Bonchev–Trinajstić information content (AvgIpc) is 2.87. The van der Waals surface area contributed by atoms with Crippen molar-refractivity contribution in [3.63, 3.8) is 0 Å². The molecule has 0 saturated heterocycles. The van der Waals surface area contributed by atoms with Gasteiger partial charge in [-0.1, -0.05) is 30.3 Å². The zero-order chi connectivity index (χ0) is 24.6. The molecule has 1 aliphatic rings. The van der Waals surface area contributed by atoms with E-state index in [-0.39, 0.29) is 10.6 Å². The van der Waals surface area contributed by atoms with Crippen LogP contribution in [0, 0.1) is 0 Å². The first-order valence-electron chi connectivity index (χ1n) is 10.5. The van der Waals surface area contributed by atoms with Gasteiger partial charge in [0.25, 0.3) is 15.9 Å². The van der Waals surface area contributed by atoms with E-state index in [1.807, 2.05) is 0 Å². The molecule has 33 heavy (non-hydrogen) atoms. The minimum atomic E-state index is -4.07. The number of hydrogen-bond acceptors (Lipinski definition) is 6. The molecule has 0 aliphatic carbocycles. The lowest BCUT2D eigenvalue weighted by molar-refractivity contribution is -0.124. The van der Waals surface area contributed by atoms with Gasteiger partial charge in [0.15, 0.2) is 0 Å². The molecule has 2 aromatic carbocycles. The molecule has 0 unspecified atom stereocenters. The second-order valence-electron chi connectivity index (χ2n) is 9.64. The minimum Gasteiger partial charge on any atom is -0.444 e. The molecule has 0 atom stereocenters. The summed E-state index contributed by atoms with van der Waals surface area (Å²) in [4.78, 5) is 25.1. The Morgan fingerprint density at radius 1 is 0.879 bits per heavy atom. The second-order valence-corrected chi connectivity index (χ2v) is 11.4. The fraction of sp³-hybridized carbons (Fsp3) is 0.333. The monoisotopic (exact) mass is 471 g/mol. The van der Waals surface area contributed by atoms with Gasteiger partial charge in [-0.15, -0.1) is 0 Å². The van der Waals surface area contributed by atoms with Crippen LogP contribution >= 0.6 is 0 Å². The molecule has 0 aromatic heterocycles. The zero-order valence-electron chi connectivity index (χ0n) is 19.6. The Morgan fingerprint density at radius 2 is 1.42 bits per heavy atom. The molecule has 2 aromatic rings. The highest BCUT2D eigenvalue weighted by Crippen LogP contribution is 2.40. The largest absolute Gasteiger partial charge is 0.444 e. The van der Waals surface area contributed by atoms with Gasteiger partial charge >= 0.3 is 6.09 Å². The zero-order valence-corrected chi connectivity index (χ0v) is 20.4. The highest BCUT2D eigenvalue weighted by atomic mass is 32.2. The number of nitrogens with one attached hydrogen (secondary N) is 2. The number of carbonyl (C=O) groups excluding carboxylic acids is 2. The van der Waals surface area contributed by atoms with Crippen LogP contribution in [0.3, 0.4) is 0 Å². The summed E-state index contributed by atoms with van der Waals surface area (Å²) in [5.41, 5.74) is -0.187. The van der Waals surface area contributed by atoms with Crippen LogP contribution in [0.5, 0.6) is 0 Å². The van der Waals surface area contributed by atoms with Crippen molar-refractivity contribution in [2.75, 3.05) is 10.6 Å². The maximum Gasteiger partial charge on any atom is 0.412 e. The Labute approximate surface area is 194 Å². The number of benzene rings is 2. The number of anilines is 2. The Morgan fingerprint density at radius 3 is 1.94 bits per heavy atom. The summed E-state index contributed by atoms with van der Waals surface area (Å²) in [6, 6.07) is 15.1. The summed E-state index contributed by atoms with van der Waals surface area (Å²) in [6.07, 6.45) is -0.588. The van der Waals surface area contributed by atoms with Gasteiger partial charge in [0, 0.05) is 11.4 Å². The van der Waals surface area contributed by atoms with Crippen LogP contribution in [-0.2, 0) is 19.6 Å². The molecule has 3 rings (SSSR count).